The molecule has 84 valence electrons. The molecule has 2 N–H and O–H groups in total. The van der Waals surface area contributed by atoms with Gasteiger partial charge in [0.05, 0.1) is 0 Å². The summed E-state index contributed by atoms with van der Waals surface area (Å²) in [4.78, 5) is 11.8. The normalized spacial score (nSPS) is 10.9. The van der Waals surface area contributed by atoms with E-state index < -0.39 is 0 Å². The lowest BCUT2D eigenvalue weighted by molar-refractivity contribution is 0.504. The molecule has 3 nitrogen and oxygen atoms in total. The molecule has 0 unspecified atom stereocenters. The molecule has 0 amide bonds. The third-order valence-corrected chi connectivity index (χ3v) is 2.50. The maximum atomic E-state index is 11.8. The van der Waals surface area contributed by atoms with Crippen LogP contribution in [0.5, 0.6) is 0 Å². The third-order valence-electron chi connectivity index (χ3n) is 2.50. The quantitative estimate of drug-likeness (QED) is 0.801. The maximum absolute atomic E-state index is 11.8. The van der Waals surface area contributed by atoms with E-state index in [1.165, 1.54) is 0 Å². The van der Waals surface area contributed by atoms with Gasteiger partial charge in [0.15, 0.2) is 0 Å². The highest BCUT2D eigenvalue weighted by atomic mass is 16.1. The SMILES string of the molecule is CC(C)CCCn1cccc(CN)c1=O. The summed E-state index contributed by atoms with van der Waals surface area (Å²) in [5.74, 6) is 0.693. The highest BCUT2D eigenvalue weighted by molar-refractivity contribution is 5.09. The van der Waals surface area contributed by atoms with Crippen molar-refractivity contribution in [3.05, 3.63) is 34.2 Å². The van der Waals surface area contributed by atoms with Crippen LogP contribution in [0.4, 0.5) is 0 Å². The molecule has 1 aromatic rings. The molecule has 15 heavy (non-hydrogen) atoms. The van der Waals surface area contributed by atoms with Crippen LogP contribution >= 0.6 is 0 Å². The second-order valence-corrected chi connectivity index (χ2v) is 4.27. The lowest BCUT2D eigenvalue weighted by atomic mass is 10.1. The van der Waals surface area contributed by atoms with Crippen LogP contribution in [0.2, 0.25) is 0 Å². The monoisotopic (exact) mass is 208 g/mol. The molecular weight excluding hydrogens is 188 g/mol. The molecule has 3 heteroatoms. The van der Waals surface area contributed by atoms with Crippen molar-refractivity contribution in [3.8, 4) is 0 Å². The van der Waals surface area contributed by atoms with Gasteiger partial charge >= 0.3 is 0 Å². The summed E-state index contributed by atoms with van der Waals surface area (Å²) >= 11 is 0. The van der Waals surface area contributed by atoms with Crippen LogP contribution in [0, 0.1) is 5.92 Å². The lowest BCUT2D eigenvalue weighted by Gasteiger charge is -2.08. The van der Waals surface area contributed by atoms with E-state index in [4.69, 9.17) is 5.73 Å². The molecular formula is C12H20N2O. The molecule has 0 radical (unpaired) electrons. The Labute approximate surface area is 90.9 Å². The van der Waals surface area contributed by atoms with Gasteiger partial charge in [0, 0.05) is 24.8 Å². The summed E-state index contributed by atoms with van der Waals surface area (Å²) in [5, 5.41) is 0. The van der Waals surface area contributed by atoms with E-state index in [1.807, 2.05) is 12.3 Å². The standard InChI is InChI=1S/C12H20N2O/c1-10(2)5-3-7-14-8-4-6-11(9-13)12(14)15/h4,6,8,10H,3,5,7,9,13H2,1-2H3. The van der Waals surface area contributed by atoms with Gasteiger partial charge in [-0.3, -0.25) is 4.79 Å². The number of hydrogen-bond acceptors (Lipinski definition) is 2. The van der Waals surface area contributed by atoms with Crippen molar-refractivity contribution in [2.45, 2.75) is 39.8 Å². The molecule has 0 bridgehead atoms. The van der Waals surface area contributed by atoms with Crippen molar-refractivity contribution in [1.29, 1.82) is 0 Å². The van der Waals surface area contributed by atoms with E-state index in [-0.39, 0.29) is 5.56 Å². The molecule has 0 aliphatic rings. The van der Waals surface area contributed by atoms with Crippen LogP contribution in [0.25, 0.3) is 0 Å². The minimum absolute atomic E-state index is 0.0590. The van der Waals surface area contributed by atoms with Gasteiger partial charge in [-0.25, -0.2) is 0 Å². The van der Waals surface area contributed by atoms with Crippen molar-refractivity contribution in [3.63, 3.8) is 0 Å². The molecule has 0 fully saturated rings. The fourth-order valence-corrected chi connectivity index (χ4v) is 1.59. The summed E-state index contributed by atoms with van der Waals surface area (Å²) in [5.41, 5.74) is 6.24. The van der Waals surface area contributed by atoms with Gasteiger partial charge in [0.2, 0.25) is 0 Å². The summed E-state index contributed by atoms with van der Waals surface area (Å²) in [6, 6.07) is 3.68. The van der Waals surface area contributed by atoms with Crippen LogP contribution in [0.15, 0.2) is 23.1 Å². The highest BCUT2D eigenvalue weighted by Gasteiger charge is 2.01. The lowest BCUT2D eigenvalue weighted by Crippen LogP contribution is -2.24. The summed E-state index contributed by atoms with van der Waals surface area (Å²) < 4.78 is 1.75. The summed E-state index contributed by atoms with van der Waals surface area (Å²) in [6.45, 7) is 5.51. The van der Waals surface area contributed by atoms with Gasteiger partial charge < -0.3 is 10.3 Å². The minimum Gasteiger partial charge on any atom is -0.326 e. The third kappa shape index (κ3) is 3.51. The zero-order valence-corrected chi connectivity index (χ0v) is 9.57. The second kappa shape index (κ2) is 5.71. The maximum Gasteiger partial charge on any atom is 0.255 e. The topological polar surface area (TPSA) is 48.0 Å². The Morgan fingerprint density at radius 3 is 2.80 bits per heavy atom. The Kier molecular flexibility index (Phi) is 4.56. The fraction of sp³-hybridized carbons (Fsp3) is 0.583. The highest BCUT2D eigenvalue weighted by Crippen LogP contribution is 2.04. The zero-order chi connectivity index (χ0) is 11.3. The number of rotatable bonds is 5. The first-order valence-electron chi connectivity index (χ1n) is 5.53. The van der Waals surface area contributed by atoms with Crippen molar-refractivity contribution < 1.29 is 0 Å². The number of nitrogens with two attached hydrogens (primary N) is 1. The van der Waals surface area contributed by atoms with Gasteiger partial charge in [-0.15, -0.1) is 0 Å². The number of nitrogens with zero attached hydrogens (tertiary/aromatic N) is 1. The Morgan fingerprint density at radius 1 is 1.47 bits per heavy atom. The van der Waals surface area contributed by atoms with E-state index in [0.717, 1.165) is 19.4 Å². The van der Waals surface area contributed by atoms with Crippen LogP contribution in [-0.2, 0) is 13.1 Å². The molecule has 0 saturated carbocycles. The van der Waals surface area contributed by atoms with Crippen LogP contribution in [0.1, 0.15) is 32.3 Å². The van der Waals surface area contributed by atoms with Gasteiger partial charge in [-0.1, -0.05) is 19.9 Å². The predicted molar refractivity (Wildman–Crippen MR) is 62.7 cm³/mol. The van der Waals surface area contributed by atoms with E-state index in [9.17, 15) is 4.79 Å². The van der Waals surface area contributed by atoms with E-state index >= 15 is 0 Å². The molecule has 0 aliphatic carbocycles. The number of aryl methyl sites for hydroxylation is 1. The molecule has 1 heterocycles. The van der Waals surface area contributed by atoms with Gasteiger partial charge in [-0.2, -0.15) is 0 Å². The van der Waals surface area contributed by atoms with Crippen molar-refractivity contribution in [2.24, 2.45) is 11.7 Å². The van der Waals surface area contributed by atoms with Crippen molar-refractivity contribution >= 4 is 0 Å². The number of hydrogen-bond donors (Lipinski definition) is 1. The van der Waals surface area contributed by atoms with Crippen LogP contribution < -0.4 is 11.3 Å². The first-order chi connectivity index (χ1) is 7.15. The molecule has 1 aromatic heterocycles. The number of aromatic nitrogens is 1. The van der Waals surface area contributed by atoms with Gasteiger partial charge in [-0.05, 0) is 24.8 Å². The first-order valence-corrected chi connectivity index (χ1v) is 5.53. The average Bonchev–Trinajstić information content (AvgIpc) is 2.20. The predicted octanol–water partition coefficient (Wildman–Crippen LogP) is 1.74. The molecule has 0 atom stereocenters. The van der Waals surface area contributed by atoms with Crippen LogP contribution in [-0.4, -0.2) is 4.57 Å². The molecule has 0 spiro atoms. The fourth-order valence-electron chi connectivity index (χ4n) is 1.59. The van der Waals surface area contributed by atoms with Crippen LogP contribution in [0.3, 0.4) is 0 Å². The second-order valence-electron chi connectivity index (χ2n) is 4.27. The molecule has 0 saturated heterocycles. The van der Waals surface area contributed by atoms with Crippen molar-refractivity contribution in [2.75, 3.05) is 0 Å². The molecule has 0 aromatic carbocycles. The van der Waals surface area contributed by atoms with E-state index in [0.29, 0.717) is 18.0 Å². The van der Waals surface area contributed by atoms with E-state index in [1.54, 1.807) is 10.6 Å². The first kappa shape index (κ1) is 12.0. The zero-order valence-electron chi connectivity index (χ0n) is 9.57. The summed E-state index contributed by atoms with van der Waals surface area (Å²) in [6.07, 6.45) is 4.03. The smallest absolute Gasteiger partial charge is 0.255 e. The number of pyridine rings is 1. The summed E-state index contributed by atoms with van der Waals surface area (Å²) in [7, 11) is 0. The Hall–Kier alpha value is -1.09. The van der Waals surface area contributed by atoms with Gasteiger partial charge in [0.1, 0.15) is 0 Å². The van der Waals surface area contributed by atoms with Gasteiger partial charge in [0.25, 0.3) is 5.56 Å². The van der Waals surface area contributed by atoms with Crippen molar-refractivity contribution in [1.82, 2.24) is 4.57 Å². The Balaban J connectivity index is 2.65. The molecule has 0 aliphatic heterocycles. The Morgan fingerprint density at radius 2 is 2.20 bits per heavy atom. The Bertz CT molecular complexity index is 355. The van der Waals surface area contributed by atoms with E-state index in [2.05, 4.69) is 13.8 Å². The largest absolute Gasteiger partial charge is 0.326 e. The molecule has 1 rings (SSSR count). The minimum atomic E-state index is 0.0590. The average molecular weight is 208 g/mol.